The lowest BCUT2D eigenvalue weighted by atomic mass is 9.91. The maximum absolute atomic E-state index is 13.0. The van der Waals surface area contributed by atoms with E-state index in [0.29, 0.717) is 55.0 Å². The molecule has 1 fully saturated rings. The number of nitrogens with one attached hydrogen (secondary N) is 2. The highest BCUT2D eigenvalue weighted by atomic mass is 16.5. The Labute approximate surface area is 185 Å². The molecule has 1 aliphatic rings. The minimum atomic E-state index is -0.416. The van der Waals surface area contributed by atoms with Gasteiger partial charge >= 0.3 is 5.97 Å². The Balaban J connectivity index is 1.94. The van der Waals surface area contributed by atoms with E-state index < -0.39 is 5.97 Å². The molecular weight excluding hydrogens is 396 g/mol. The van der Waals surface area contributed by atoms with E-state index in [1.165, 1.54) is 0 Å². The topological polar surface area (TPSA) is 94.7 Å². The van der Waals surface area contributed by atoms with Gasteiger partial charge in [0.2, 0.25) is 5.91 Å². The first kappa shape index (κ1) is 24.9. The van der Waals surface area contributed by atoms with Gasteiger partial charge in [-0.1, -0.05) is 13.8 Å². The van der Waals surface area contributed by atoms with Gasteiger partial charge in [0.1, 0.15) is 5.69 Å². The predicted octanol–water partition coefficient (Wildman–Crippen LogP) is 2.36. The van der Waals surface area contributed by atoms with Crippen LogP contribution in [-0.2, 0) is 9.53 Å². The number of esters is 1. The van der Waals surface area contributed by atoms with Gasteiger partial charge in [-0.15, -0.1) is 0 Å². The molecule has 1 saturated heterocycles. The number of rotatable bonds is 8. The lowest BCUT2D eigenvalue weighted by Gasteiger charge is -2.33. The Morgan fingerprint density at radius 2 is 1.81 bits per heavy atom. The van der Waals surface area contributed by atoms with Gasteiger partial charge in [0.05, 0.1) is 12.2 Å². The van der Waals surface area contributed by atoms with Crippen LogP contribution >= 0.6 is 0 Å². The third kappa shape index (κ3) is 6.32. The molecule has 0 aromatic carbocycles. The summed E-state index contributed by atoms with van der Waals surface area (Å²) in [7, 11) is 4.05. The molecule has 1 aromatic rings. The molecule has 2 rings (SSSR count). The van der Waals surface area contributed by atoms with Crippen LogP contribution in [0.2, 0.25) is 0 Å². The number of nitrogens with zero attached hydrogens (tertiary/aromatic N) is 2. The van der Waals surface area contributed by atoms with E-state index in [2.05, 4.69) is 29.0 Å². The molecule has 31 heavy (non-hydrogen) atoms. The summed E-state index contributed by atoms with van der Waals surface area (Å²) < 4.78 is 5.11. The summed E-state index contributed by atoms with van der Waals surface area (Å²) in [5.74, 6) is -0.571. The first-order valence-corrected chi connectivity index (χ1v) is 11.0. The van der Waals surface area contributed by atoms with Crippen molar-refractivity contribution < 1.29 is 19.1 Å². The molecular formula is C23H38N4O4. The fourth-order valence-corrected chi connectivity index (χ4v) is 4.36. The summed E-state index contributed by atoms with van der Waals surface area (Å²) in [6, 6.07) is 0. The molecule has 1 aliphatic heterocycles. The number of piperidine rings is 1. The second-order valence-electron chi connectivity index (χ2n) is 9.53. The number of ether oxygens (including phenoxy) is 1. The third-order valence-electron chi connectivity index (χ3n) is 5.77. The van der Waals surface area contributed by atoms with Crippen molar-refractivity contribution in [1.82, 2.24) is 20.1 Å². The third-order valence-corrected chi connectivity index (χ3v) is 5.77. The first-order valence-electron chi connectivity index (χ1n) is 11.0. The molecule has 174 valence electrons. The molecule has 2 amide bonds. The van der Waals surface area contributed by atoms with Crippen molar-refractivity contribution >= 4 is 17.8 Å². The number of likely N-dealkylation sites (tertiary alicyclic amines) is 1. The Bertz CT molecular complexity index is 805. The Hall–Kier alpha value is -2.35. The number of H-pyrrole nitrogens is 1. The van der Waals surface area contributed by atoms with E-state index in [-0.39, 0.29) is 29.8 Å². The minimum Gasteiger partial charge on any atom is -0.462 e. The van der Waals surface area contributed by atoms with Crippen molar-refractivity contribution in [2.24, 2.45) is 11.3 Å². The standard InChI is InChI=1S/C23H38N4O4/c1-8-31-22(30)18-15(2)19(25-16(18)3)21(29)27-11-9-17(10-12-27)20(28)24-13-23(4,5)14-26(6)7/h17,25H,8-14H2,1-7H3,(H,24,28). The summed E-state index contributed by atoms with van der Waals surface area (Å²) in [5, 5.41) is 3.09. The average Bonchev–Trinajstić information content (AvgIpc) is 2.99. The number of aromatic nitrogens is 1. The zero-order valence-corrected chi connectivity index (χ0v) is 20.1. The summed E-state index contributed by atoms with van der Waals surface area (Å²) in [5.41, 5.74) is 2.10. The zero-order chi connectivity index (χ0) is 23.3. The molecule has 0 bridgehead atoms. The number of amides is 2. The van der Waals surface area contributed by atoms with Gasteiger partial charge in [-0.3, -0.25) is 9.59 Å². The lowest BCUT2D eigenvalue weighted by Crippen LogP contribution is -2.46. The van der Waals surface area contributed by atoms with Crippen LogP contribution in [0.1, 0.15) is 65.7 Å². The molecule has 0 unspecified atom stereocenters. The van der Waals surface area contributed by atoms with Crippen molar-refractivity contribution in [3.8, 4) is 0 Å². The number of hydrogen-bond acceptors (Lipinski definition) is 5. The fraction of sp³-hybridized carbons (Fsp3) is 0.696. The van der Waals surface area contributed by atoms with Gasteiger partial charge in [0.15, 0.2) is 0 Å². The summed E-state index contributed by atoms with van der Waals surface area (Å²) >= 11 is 0. The van der Waals surface area contributed by atoms with Crippen molar-refractivity contribution in [3.05, 3.63) is 22.5 Å². The van der Waals surface area contributed by atoms with Gasteiger partial charge in [-0.05, 0) is 58.7 Å². The van der Waals surface area contributed by atoms with Crippen LogP contribution in [-0.4, -0.2) is 79.4 Å². The number of carbonyl (C=O) groups is 3. The van der Waals surface area contributed by atoms with E-state index in [0.717, 1.165) is 6.54 Å². The van der Waals surface area contributed by atoms with Crippen LogP contribution in [0.15, 0.2) is 0 Å². The van der Waals surface area contributed by atoms with Gasteiger partial charge in [-0.25, -0.2) is 4.79 Å². The number of hydrogen-bond donors (Lipinski definition) is 2. The van der Waals surface area contributed by atoms with E-state index >= 15 is 0 Å². The molecule has 2 heterocycles. The molecule has 8 nitrogen and oxygen atoms in total. The van der Waals surface area contributed by atoms with Gasteiger partial charge in [0.25, 0.3) is 5.91 Å². The fourth-order valence-electron chi connectivity index (χ4n) is 4.36. The van der Waals surface area contributed by atoms with Crippen LogP contribution < -0.4 is 5.32 Å². The van der Waals surface area contributed by atoms with Gasteiger partial charge < -0.3 is 24.8 Å². The quantitative estimate of drug-likeness (QED) is 0.613. The van der Waals surface area contributed by atoms with E-state index in [1.54, 1.807) is 25.7 Å². The van der Waals surface area contributed by atoms with E-state index in [4.69, 9.17) is 4.74 Å². The largest absolute Gasteiger partial charge is 0.462 e. The molecule has 1 aromatic heterocycles. The number of carbonyl (C=O) groups excluding carboxylic acids is 3. The molecule has 0 atom stereocenters. The zero-order valence-electron chi connectivity index (χ0n) is 20.1. The maximum Gasteiger partial charge on any atom is 0.340 e. The van der Waals surface area contributed by atoms with Gasteiger partial charge in [-0.2, -0.15) is 0 Å². The Morgan fingerprint density at radius 3 is 2.35 bits per heavy atom. The second kappa shape index (κ2) is 10.3. The number of aromatic amines is 1. The molecule has 0 radical (unpaired) electrons. The van der Waals surface area contributed by atoms with Crippen molar-refractivity contribution in [2.45, 2.75) is 47.5 Å². The van der Waals surface area contributed by atoms with Crippen LogP contribution in [0.3, 0.4) is 0 Å². The van der Waals surface area contributed by atoms with Crippen molar-refractivity contribution in [1.29, 1.82) is 0 Å². The summed E-state index contributed by atoms with van der Waals surface area (Å²) in [4.78, 5) is 44.8. The maximum atomic E-state index is 13.0. The van der Waals surface area contributed by atoms with Crippen molar-refractivity contribution in [3.63, 3.8) is 0 Å². The molecule has 2 N–H and O–H groups in total. The molecule has 0 spiro atoms. The predicted molar refractivity (Wildman–Crippen MR) is 120 cm³/mol. The second-order valence-corrected chi connectivity index (χ2v) is 9.53. The average molecular weight is 435 g/mol. The highest BCUT2D eigenvalue weighted by molar-refractivity contribution is 6.00. The van der Waals surface area contributed by atoms with Crippen LogP contribution in [0.5, 0.6) is 0 Å². The lowest BCUT2D eigenvalue weighted by molar-refractivity contribution is -0.126. The van der Waals surface area contributed by atoms with E-state index in [9.17, 15) is 14.4 Å². The highest BCUT2D eigenvalue weighted by Gasteiger charge is 2.31. The van der Waals surface area contributed by atoms with Gasteiger partial charge in [0, 0.05) is 37.8 Å². The van der Waals surface area contributed by atoms with Crippen LogP contribution in [0.25, 0.3) is 0 Å². The normalized spacial score (nSPS) is 15.3. The Morgan fingerprint density at radius 1 is 1.19 bits per heavy atom. The molecule has 0 saturated carbocycles. The first-order chi connectivity index (χ1) is 14.5. The SMILES string of the molecule is CCOC(=O)c1c(C)[nH]c(C(=O)N2CCC(C(=O)NCC(C)(C)CN(C)C)CC2)c1C. The summed E-state index contributed by atoms with van der Waals surface area (Å²) in [6.45, 7) is 12.4. The summed E-state index contributed by atoms with van der Waals surface area (Å²) in [6.07, 6.45) is 1.27. The van der Waals surface area contributed by atoms with Crippen molar-refractivity contribution in [2.75, 3.05) is 46.9 Å². The minimum absolute atomic E-state index is 0.00450. The Kier molecular flexibility index (Phi) is 8.28. The van der Waals surface area contributed by atoms with Crippen LogP contribution in [0.4, 0.5) is 0 Å². The molecule has 8 heteroatoms. The van der Waals surface area contributed by atoms with Crippen LogP contribution in [0, 0.1) is 25.2 Å². The number of aryl methyl sites for hydroxylation is 1. The highest BCUT2D eigenvalue weighted by Crippen LogP contribution is 2.24. The molecule has 0 aliphatic carbocycles. The smallest absolute Gasteiger partial charge is 0.340 e. The van der Waals surface area contributed by atoms with E-state index in [1.807, 2.05) is 14.1 Å². The monoisotopic (exact) mass is 434 g/mol.